The fourth-order valence-corrected chi connectivity index (χ4v) is 3.85. The lowest BCUT2D eigenvalue weighted by Crippen LogP contribution is -2.43. The standard InChI is InChI=1S/C23H23F2N3O6/c1-13(14-3-8-17-18(11-14)33-10-9-32-17)26-19(29)12-28-20(30)23(2,27-22(28)31)15-4-6-16(7-5-15)34-21(24)25/h3-8,11,13,21H,9-10,12H2,1-2H3,(H,26,29)(H,27,31)/t13-,23+/m1/s1. The first-order chi connectivity index (χ1) is 16.2. The van der Waals surface area contributed by atoms with Gasteiger partial charge in [0.2, 0.25) is 5.91 Å². The maximum Gasteiger partial charge on any atom is 0.387 e. The van der Waals surface area contributed by atoms with Gasteiger partial charge in [0.05, 0.1) is 6.04 Å². The minimum absolute atomic E-state index is 0.0801. The van der Waals surface area contributed by atoms with Crippen molar-refractivity contribution in [2.24, 2.45) is 0 Å². The third-order valence-electron chi connectivity index (χ3n) is 5.68. The van der Waals surface area contributed by atoms with E-state index in [0.29, 0.717) is 30.3 Å². The molecule has 0 spiro atoms. The number of carbonyl (C=O) groups excluding carboxylic acids is 3. The zero-order chi connectivity index (χ0) is 24.5. The molecule has 2 aromatic rings. The molecule has 0 bridgehead atoms. The van der Waals surface area contributed by atoms with Crippen molar-refractivity contribution in [3.05, 3.63) is 53.6 Å². The van der Waals surface area contributed by atoms with E-state index in [2.05, 4.69) is 15.4 Å². The van der Waals surface area contributed by atoms with Crippen LogP contribution < -0.4 is 24.8 Å². The molecule has 2 heterocycles. The highest BCUT2D eigenvalue weighted by Gasteiger charge is 2.49. The van der Waals surface area contributed by atoms with Crippen molar-refractivity contribution in [2.75, 3.05) is 19.8 Å². The number of alkyl halides is 2. The van der Waals surface area contributed by atoms with E-state index in [0.717, 1.165) is 10.5 Å². The summed E-state index contributed by atoms with van der Waals surface area (Å²) in [5, 5.41) is 5.34. The van der Waals surface area contributed by atoms with Crippen LogP contribution in [0.1, 0.15) is 31.0 Å². The van der Waals surface area contributed by atoms with Crippen molar-refractivity contribution >= 4 is 17.8 Å². The van der Waals surface area contributed by atoms with E-state index in [1.807, 2.05) is 0 Å². The second kappa shape index (κ2) is 9.16. The molecule has 2 aliphatic heterocycles. The number of rotatable bonds is 7. The molecular formula is C23H23F2N3O6. The zero-order valence-corrected chi connectivity index (χ0v) is 18.5. The smallest absolute Gasteiger partial charge is 0.387 e. The molecule has 0 radical (unpaired) electrons. The molecule has 0 aromatic heterocycles. The number of fused-ring (bicyclic) bond motifs is 1. The van der Waals surface area contributed by atoms with Crippen molar-refractivity contribution in [1.82, 2.24) is 15.5 Å². The Hall–Kier alpha value is -3.89. The SMILES string of the molecule is C[C@@H](NC(=O)CN1C(=O)N[C@@](C)(c2ccc(OC(F)F)cc2)C1=O)c1ccc2c(c1)OCCO2. The van der Waals surface area contributed by atoms with E-state index in [9.17, 15) is 23.2 Å². The summed E-state index contributed by atoms with van der Waals surface area (Å²) in [7, 11) is 0. The average Bonchev–Trinajstić information content (AvgIpc) is 3.02. The first-order valence-electron chi connectivity index (χ1n) is 10.6. The molecule has 0 unspecified atom stereocenters. The van der Waals surface area contributed by atoms with Crippen LogP contribution in [0.2, 0.25) is 0 Å². The summed E-state index contributed by atoms with van der Waals surface area (Å²) >= 11 is 0. The van der Waals surface area contributed by atoms with Gasteiger partial charge in [-0.1, -0.05) is 18.2 Å². The van der Waals surface area contributed by atoms with Crippen LogP contribution in [0.3, 0.4) is 0 Å². The molecule has 0 saturated carbocycles. The maximum absolute atomic E-state index is 13.0. The summed E-state index contributed by atoms with van der Waals surface area (Å²) < 4.78 is 40.1. The fraction of sp³-hybridized carbons (Fsp3) is 0.348. The van der Waals surface area contributed by atoms with E-state index in [4.69, 9.17) is 9.47 Å². The van der Waals surface area contributed by atoms with E-state index in [1.165, 1.54) is 31.2 Å². The van der Waals surface area contributed by atoms with E-state index < -0.39 is 42.6 Å². The molecule has 180 valence electrons. The van der Waals surface area contributed by atoms with Gasteiger partial charge in [0.1, 0.15) is 31.0 Å². The van der Waals surface area contributed by atoms with Gasteiger partial charge in [-0.2, -0.15) is 8.78 Å². The maximum atomic E-state index is 13.0. The second-order valence-electron chi connectivity index (χ2n) is 8.04. The number of urea groups is 1. The molecule has 11 heteroatoms. The van der Waals surface area contributed by atoms with E-state index >= 15 is 0 Å². The van der Waals surface area contributed by atoms with Crippen molar-refractivity contribution in [2.45, 2.75) is 32.0 Å². The van der Waals surface area contributed by atoms with Crippen molar-refractivity contribution in [1.29, 1.82) is 0 Å². The van der Waals surface area contributed by atoms with Crippen LogP contribution in [0.4, 0.5) is 13.6 Å². The Morgan fingerprint density at radius 2 is 1.82 bits per heavy atom. The monoisotopic (exact) mass is 475 g/mol. The van der Waals surface area contributed by atoms with Crippen LogP contribution in [0.25, 0.3) is 0 Å². The van der Waals surface area contributed by atoms with Gasteiger partial charge in [-0.15, -0.1) is 0 Å². The Bertz CT molecular complexity index is 1110. The van der Waals surface area contributed by atoms with E-state index in [1.54, 1.807) is 25.1 Å². The normalized spacial score (nSPS) is 20.2. The molecule has 0 aliphatic carbocycles. The van der Waals surface area contributed by atoms with Gasteiger partial charge in [-0.3, -0.25) is 14.5 Å². The summed E-state index contributed by atoms with van der Waals surface area (Å²) in [6.07, 6.45) is 0. The van der Waals surface area contributed by atoms with Gasteiger partial charge in [-0.05, 0) is 49.2 Å². The average molecular weight is 475 g/mol. The summed E-state index contributed by atoms with van der Waals surface area (Å²) in [5.41, 5.74) is -0.326. The van der Waals surface area contributed by atoms with E-state index in [-0.39, 0.29) is 5.75 Å². The van der Waals surface area contributed by atoms with Gasteiger partial charge < -0.3 is 24.8 Å². The lowest BCUT2D eigenvalue weighted by atomic mass is 9.92. The van der Waals surface area contributed by atoms with Crippen molar-refractivity contribution in [3.63, 3.8) is 0 Å². The third-order valence-corrected chi connectivity index (χ3v) is 5.68. The zero-order valence-electron chi connectivity index (χ0n) is 18.5. The van der Waals surface area contributed by atoms with Crippen LogP contribution in [0.15, 0.2) is 42.5 Å². The molecule has 2 aromatic carbocycles. The number of halogens is 2. The summed E-state index contributed by atoms with van der Waals surface area (Å²) in [6, 6.07) is 9.53. The molecule has 2 aliphatic rings. The number of ether oxygens (including phenoxy) is 3. The molecule has 2 N–H and O–H groups in total. The Labute approximate surface area is 194 Å². The highest BCUT2D eigenvalue weighted by atomic mass is 19.3. The Balaban J connectivity index is 1.41. The number of nitrogens with zero attached hydrogens (tertiary/aromatic N) is 1. The highest BCUT2D eigenvalue weighted by molar-refractivity contribution is 6.09. The lowest BCUT2D eigenvalue weighted by Gasteiger charge is -2.23. The quantitative estimate of drug-likeness (QED) is 0.597. The van der Waals surface area contributed by atoms with Crippen molar-refractivity contribution < 1.29 is 37.4 Å². The number of amides is 4. The molecule has 2 atom stereocenters. The van der Waals surface area contributed by atoms with Gasteiger partial charge in [0.15, 0.2) is 11.5 Å². The molecule has 4 rings (SSSR count). The minimum atomic E-state index is -2.98. The molecule has 9 nitrogen and oxygen atoms in total. The molecular weight excluding hydrogens is 452 g/mol. The topological polar surface area (TPSA) is 106 Å². The second-order valence-corrected chi connectivity index (χ2v) is 8.04. The van der Waals surface area contributed by atoms with Gasteiger partial charge in [0, 0.05) is 0 Å². The number of carbonyl (C=O) groups is 3. The highest BCUT2D eigenvalue weighted by Crippen LogP contribution is 2.33. The molecule has 34 heavy (non-hydrogen) atoms. The molecule has 1 saturated heterocycles. The third kappa shape index (κ3) is 4.59. The predicted octanol–water partition coefficient (Wildman–Crippen LogP) is 2.70. The summed E-state index contributed by atoms with van der Waals surface area (Å²) in [5.74, 6) is -0.0397. The molecule has 4 amide bonds. The lowest BCUT2D eigenvalue weighted by molar-refractivity contribution is -0.135. The van der Waals surface area contributed by atoms with Crippen LogP contribution in [-0.2, 0) is 15.1 Å². The first kappa shape index (κ1) is 23.3. The van der Waals surface area contributed by atoms with Crippen LogP contribution in [0, 0.1) is 0 Å². The Morgan fingerprint density at radius 1 is 1.15 bits per heavy atom. The Morgan fingerprint density at radius 3 is 2.50 bits per heavy atom. The van der Waals surface area contributed by atoms with Crippen LogP contribution >= 0.6 is 0 Å². The summed E-state index contributed by atoms with van der Waals surface area (Å²) in [6.45, 7) is 0.685. The van der Waals surface area contributed by atoms with Gasteiger partial charge in [0.25, 0.3) is 5.91 Å². The summed E-state index contributed by atoms with van der Waals surface area (Å²) in [4.78, 5) is 39.0. The molecule has 1 fully saturated rings. The largest absolute Gasteiger partial charge is 0.486 e. The predicted molar refractivity (Wildman–Crippen MR) is 115 cm³/mol. The number of nitrogens with one attached hydrogen (secondary N) is 2. The minimum Gasteiger partial charge on any atom is -0.486 e. The number of benzene rings is 2. The van der Waals surface area contributed by atoms with Crippen LogP contribution in [0.5, 0.6) is 17.2 Å². The van der Waals surface area contributed by atoms with Crippen LogP contribution in [-0.4, -0.2) is 49.1 Å². The van der Waals surface area contributed by atoms with Crippen molar-refractivity contribution in [3.8, 4) is 17.2 Å². The first-order valence-corrected chi connectivity index (χ1v) is 10.6. The number of hydrogen-bond donors (Lipinski definition) is 2. The number of imide groups is 1. The number of hydrogen-bond acceptors (Lipinski definition) is 6. The van der Waals surface area contributed by atoms with Gasteiger partial charge >= 0.3 is 12.6 Å². The van der Waals surface area contributed by atoms with Gasteiger partial charge in [-0.25, -0.2) is 4.79 Å². The fourth-order valence-electron chi connectivity index (χ4n) is 3.85. The Kier molecular flexibility index (Phi) is 6.27.